The summed E-state index contributed by atoms with van der Waals surface area (Å²) in [6, 6.07) is 28.5. The normalized spacial score (nSPS) is 10.9. The van der Waals surface area contributed by atoms with Gasteiger partial charge in [-0.3, -0.25) is 0 Å². The van der Waals surface area contributed by atoms with Gasteiger partial charge < -0.3 is 5.32 Å². The number of halogens is 1. The monoisotopic (exact) mass is 402 g/mol. The SMILES string of the molecule is Clc1ccccc1Cn1nc(CNCCc2ccccc2)c(-c2ccccc2)n1. The van der Waals surface area contributed by atoms with Crippen molar-refractivity contribution in [2.75, 3.05) is 6.54 Å². The standard InChI is InChI=1S/C24H23ClN4/c25-22-14-8-7-13-21(22)18-29-27-23(24(28-29)20-11-5-2-6-12-20)17-26-16-15-19-9-3-1-4-10-19/h1-14,26H,15-18H2. The third-order valence-electron chi connectivity index (χ3n) is 4.77. The molecule has 0 aliphatic heterocycles. The first-order valence-electron chi connectivity index (χ1n) is 9.77. The van der Waals surface area contributed by atoms with E-state index < -0.39 is 0 Å². The summed E-state index contributed by atoms with van der Waals surface area (Å²) in [5, 5.41) is 13.7. The van der Waals surface area contributed by atoms with Crippen LogP contribution in [0.5, 0.6) is 0 Å². The van der Waals surface area contributed by atoms with Gasteiger partial charge in [0.15, 0.2) is 0 Å². The van der Waals surface area contributed by atoms with Crippen LogP contribution in [0, 0.1) is 0 Å². The van der Waals surface area contributed by atoms with Crippen LogP contribution in [0.25, 0.3) is 11.3 Å². The summed E-state index contributed by atoms with van der Waals surface area (Å²) >= 11 is 6.32. The molecule has 0 bridgehead atoms. The Morgan fingerprint density at radius 2 is 1.48 bits per heavy atom. The van der Waals surface area contributed by atoms with E-state index in [1.807, 2.05) is 48.5 Å². The Morgan fingerprint density at radius 1 is 0.793 bits per heavy atom. The fraction of sp³-hybridized carbons (Fsp3) is 0.167. The highest BCUT2D eigenvalue weighted by atomic mass is 35.5. The molecule has 0 spiro atoms. The Hall–Kier alpha value is -2.95. The second kappa shape index (κ2) is 9.50. The highest BCUT2D eigenvalue weighted by Gasteiger charge is 2.13. The van der Waals surface area contributed by atoms with E-state index in [0.29, 0.717) is 13.1 Å². The van der Waals surface area contributed by atoms with E-state index in [9.17, 15) is 0 Å². The Morgan fingerprint density at radius 3 is 2.24 bits per heavy atom. The summed E-state index contributed by atoms with van der Waals surface area (Å²) in [7, 11) is 0. The lowest BCUT2D eigenvalue weighted by Gasteiger charge is -2.04. The highest BCUT2D eigenvalue weighted by molar-refractivity contribution is 6.31. The van der Waals surface area contributed by atoms with E-state index >= 15 is 0 Å². The van der Waals surface area contributed by atoms with Crippen LogP contribution in [0.2, 0.25) is 5.02 Å². The molecule has 0 aliphatic carbocycles. The molecular weight excluding hydrogens is 380 g/mol. The maximum Gasteiger partial charge on any atom is 0.117 e. The number of aromatic nitrogens is 3. The van der Waals surface area contributed by atoms with Gasteiger partial charge in [0, 0.05) is 17.1 Å². The molecule has 0 aliphatic rings. The number of hydrogen-bond acceptors (Lipinski definition) is 3. The first-order chi connectivity index (χ1) is 14.3. The van der Waals surface area contributed by atoms with Crippen molar-refractivity contribution in [2.24, 2.45) is 0 Å². The van der Waals surface area contributed by atoms with Gasteiger partial charge >= 0.3 is 0 Å². The lowest BCUT2D eigenvalue weighted by atomic mass is 10.1. The van der Waals surface area contributed by atoms with Crippen molar-refractivity contribution in [3.8, 4) is 11.3 Å². The van der Waals surface area contributed by atoms with Gasteiger partial charge in [0.1, 0.15) is 11.4 Å². The maximum absolute atomic E-state index is 6.32. The molecule has 0 fully saturated rings. The zero-order chi connectivity index (χ0) is 19.9. The zero-order valence-corrected chi connectivity index (χ0v) is 16.9. The number of rotatable bonds is 8. The van der Waals surface area contributed by atoms with Crippen molar-refractivity contribution in [3.63, 3.8) is 0 Å². The van der Waals surface area contributed by atoms with Gasteiger partial charge in [0.25, 0.3) is 0 Å². The van der Waals surface area contributed by atoms with Crippen LogP contribution >= 0.6 is 11.6 Å². The quantitative estimate of drug-likeness (QED) is 0.423. The molecule has 0 saturated heterocycles. The molecule has 1 N–H and O–H groups in total. The van der Waals surface area contributed by atoms with Gasteiger partial charge in [-0.1, -0.05) is 90.5 Å². The largest absolute Gasteiger partial charge is 0.311 e. The van der Waals surface area contributed by atoms with E-state index in [4.69, 9.17) is 21.8 Å². The molecule has 3 aromatic carbocycles. The van der Waals surface area contributed by atoms with Crippen molar-refractivity contribution in [2.45, 2.75) is 19.5 Å². The van der Waals surface area contributed by atoms with Gasteiger partial charge in [-0.25, -0.2) is 0 Å². The molecule has 1 aromatic heterocycles. The first kappa shape index (κ1) is 19.4. The minimum absolute atomic E-state index is 0.545. The Labute approximate surface area is 176 Å². The highest BCUT2D eigenvalue weighted by Crippen LogP contribution is 2.21. The van der Waals surface area contributed by atoms with Gasteiger partial charge in [0.2, 0.25) is 0 Å². The third-order valence-corrected chi connectivity index (χ3v) is 5.14. The van der Waals surface area contributed by atoms with Crippen molar-refractivity contribution in [3.05, 3.63) is 107 Å². The number of nitrogens with one attached hydrogen (secondary N) is 1. The predicted octanol–water partition coefficient (Wildman–Crippen LogP) is 4.98. The molecule has 0 unspecified atom stereocenters. The molecule has 4 aromatic rings. The molecule has 1 heterocycles. The summed E-state index contributed by atoms with van der Waals surface area (Å²) in [4.78, 5) is 1.73. The van der Waals surface area contributed by atoms with Crippen LogP contribution in [0.3, 0.4) is 0 Å². The number of hydrogen-bond donors (Lipinski definition) is 1. The summed E-state index contributed by atoms with van der Waals surface area (Å²) in [5.74, 6) is 0. The maximum atomic E-state index is 6.32. The molecular formula is C24H23ClN4. The molecule has 29 heavy (non-hydrogen) atoms. The molecule has 0 amide bonds. The average Bonchev–Trinajstić information content (AvgIpc) is 3.17. The lowest BCUT2D eigenvalue weighted by molar-refractivity contribution is 0.577. The summed E-state index contributed by atoms with van der Waals surface area (Å²) < 4.78 is 0. The Bertz CT molecular complexity index is 1040. The van der Waals surface area contributed by atoms with Crippen molar-refractivity contribution < 1.29 is 0 Å². The van der Waals surface area contributed by atoms with Crippen molar-refractivity contribution >= 4 is 11.6 Å². The predicted molar refractivity (Wildman–Crippen MR) is 118 cm³/mol. The summed E-state index contributed by atoms with van der Waals surface area (Å²) in [6.45, 7) is 2.10. The average molecular weight is 403 g/mol. The smallest absolute Gasteiger partial charge is 0.117 e. The molecule has 5 heteroatoms. The Balaban J connectivity index is 1.50. The molecule has 0 atom stereocenters. The Kier molecular flexibility index (Phi) is 6.35. The topological polar surface area (TPSA) is 42.7 Å². The van der Waals surface area contributed by atoms with Gasteiger partial charge in [0.05, 0.1) is 6.54 Å². The summed E-state index contributed by atoms with van der Waals surface area (Å²) in [6.07, 6.45) is 0.981. The van der Waals surface area contributed by atoms with Crippen LogP contribution in [-0.2, 0) is 19.5 Å². The second-order valence-electron chi connectivity index (χ2n) is 6.90. The van der Waals surface area contributed by atoms with Crippen molar-refractivity contribution in [1.82, 2.24) is 20.3 Å². The second-order valence-corrected chi connectivity index (χ2v) is 7.30. The minimum atomic E-state index is 0.545. The van der Waals surface area contributed by atoms with Crippen LogP contribution < -0.4 is 5.32 Å². The molecule has 146 valence electrons. The zero-order valence-electron chi connectivity index (χ0n) is 16.1. The molecule has 0 saturated carbocycles. The van der Waals surface area contributed by atoms with E-state index in [0.717, 1.165) is 40.5 Å². The van der Waals surface area contributed by atoms with Crippen LogP contribution in [0.1, 0.15) is 16.8 Å². The van der Waals surface area contributed by atoms with Crippen LogP contribution in [-0.4, -0.2) is 21.5 Å². The molecule has 0 radical (unpaired) electrons. The summed E-state index contributed by atoms with van der Waals surface area (Å²) in [5.41, 5.74) is 5.25. The van der Waals surface area contributed by atoms with E-state index in [-0.39, 0.29) is 0 Å². The number of benzene rings is 3. The van der Waals surface area contributed by atoms with Crippen LogP contribution in [0.4, 0.5) is 0 Å². The minimum Gasteiger partial charge on any atom is -0.311 e. The fourth-order valence-corrected chi connectivity index (χ4v) is 3.45. The first-order valence-corrected chi connectivity index (χ1v) is 10.1. The van der Waals surface area contributed by atoms with Crippen molar-refractivity contribution in [1.29, 1.82) is 0 Å². The van der Waals surface area contributed by atoms with E-state index in [1.54, 1.807) is 4.80 Å². The van der Waals surface area contributed by atoms with Gasteiger partial charge in [-0.05, 0) is 30.2 Å². The van der Waals surface area contributed by atoms with E-state index in [1.165, 1.54) is 5.56 Å². The molecule has 4 rings (SSSR count). The molecule has 4 nitrogen and oxygen atoms in total. The van der Waals surface area contributed by atoms with E-state index in [2.05, 4.69) is 41.7 Å². The fourth-order valence-electron chi connectivity index (χ4n) is 3.26. The third kappa shape index (κ3) is 5.11. The van der Waals surface area contributed by atoms with Gasteiger partial charge in [-0.2, -0.15) is 15.0 Å². The number of nitrogens with zero attached hydrogens (tertiary/aromatic N) is 3. The van der Waals surface area contributed by atoms with Crippen LogP contribution in [0.15, 0.2) is 84.9 Å². The lowest BCUT2D eigenvalue weighted by Crippen LogP contribution is -2.17. The van der Waals surface area contributed by atoms with Gasteiger partial charge in [-0.15, -0.1) is 0 Å².